The van der Waals surface area contributed by atoms with Crippen LogP contribution in [-0.2, 0) is 53.0 Å². The lowest BCUT2D eigenvalue weighted by Crippen LogP contribution is -2.61. The third-order valence-electron chi connectivity index (χ3n) is 6.80. The van der Waals surface area contributed by atoms with Crippen molar-refractivity contribution in [3.05, 3.63) is 108 Å². The minimum Gasteiger partial charge on any atom is -0.460 e. The summed E-state index contributed by atoms with van der Waals surface area (Å²) in [6, 6.07) is 29.0. The van der Waals surface area contributed by atoms with Gasteiger partial charge in [0, 0.05) is 0 Å². The van der Waals surface area contributed by atoms with Crippen LogP contribution >= 0.6 is 0 Å². The van der Waals surface area contributed by atoms with E-state index in [1.807, 2.05) is 91.0 Å². The molecule has 0 aliphatic carbocycles. The molecule has 1 aliphatic rings. The predicted molar refractivity (Wildman–Crippen MR) is 165 cm³/mol. The zero-order valence-electron chi connectivity index (χ0n) is 25.7. The Hall–Kier alpha value is -3.76. The van der Waals surface area contributed by atoms with Gasteiger partial charge in [0.05, 0.1) is 45.5 Å². The number of hydrogen-bond acceptors (Lipinski definition) is 8. The molecule has 4 rings (SSSR count). The Morgan fingerprint density at radius 2 is 1.30 bits per heavy atom. The van der Waals surface area contributed by atoms with E-state index in [2.05, 4.69) is 5.32 Å². The lowest BCUT2D eigenvalue weighted by atomic mass is 9.97. The molecule has 1 fully saturated rings. The molecule has 3 aromatic rings. The van der Waals surface area contributed by atoms with Crippen molar-refractivity contribution < 1.29 is 38.0 Å². The van der Waals surface area contributed by atoms with E-state index in [0.717, 1.165) is 16.7 Å². The van der Waals surface area contributed by atoms with Gasteiger partial charge in [-0.1, -0.05) is 91.0 Å². The molecule has 236 valence electrons. The third-order valence-corrected chi connectivity index (χ3v) is 6.80. The summed E-state index contributed by atoms with van der Waals surface area (Å²) in [6.45, 7) is 6.72. The molecular weight excluding hydrogens is 562 g/mol. The second-order valence-electron chi connectivity index (χ2n) is 11.6. The Morgan fingerprint density at radius 1 is 0.773 bits per heavy atom. The second kappa shape index (κ2) is 16.9. The average Bonchev–Trinajstić information content (AvgIpc) is 3.01. The van der Waals surface area contributed by atoms with E-state index in [0.29, 0.717) is 19.8 Å². The first-order valence-corrected chi connectivity index (χ1v) is 15.0. The lowest BCUT2D eigenvalue weighted by molar-refractivity contribution is -0.207. The Balaban J connectivity index is 1.45. The highest BCUT2D eigenvalue weighted by atomic mass is 16.6. The van der Waals surface area contributed by atoms with Crippen molar-refractivity contribution in [2.24, 2.45) is 0 Å². The standard InChI is InChI=1S/C35H43NO8/c1-35(2,3)44-31(37)19-20-40-34(38)36-29-24-41-30(25-39-21-26-13-7-4-8-14-26)33(43-23-28-17-11-6-12-18-28)32(29)42-22-27-15-9-5-10-16-27/h4-18,29-30,32-33H,19-25H2,1-3H3,(H,36,38)/t29-,30-,32-,33+/m1/s1. The molecule has 3 aromatic carbocycles. The van der Waals surface area contributed by atoms with Gasteiger partial charge >= 0.3 is 12.1 Å². The Morgan fingerprint density at radius 3 is 1.84 bits per heavy atom. The van der Waals surface area contributed by atoms with Gasteiger partial charge in [0.25, 0.3) is 0 Å². The third kappa shape index (κ3) is 11.4. The van der Waals surface area contributed by atoms with Crippen molar-refractivity contribution in [3.8, 4) is 0 Å². The minimum absolute atomic E-state index is 0.0522. The lowest BCUT2D eigenvalue weighted by Gasteiger charge is -2.42. The van der Waals surface area contributed by atoms with Gasteiger partial charge in [-0.3, -0.25) is 4.79 Å². The number of carbonyl (C=O) groups excluding carboxylic acids is 2. The van der Waals surface area contributed by atoms with Crippen LogP contribution in [0.25, 0.3) is 0 Å². The SMILES string of the molecule is CC(C)(C)OC(=O)CCOC(=O)N[C@@H]1CO[C@H](COCc2ccccc2)[C@H](OCc2ccccc2)[C@@H]1OCc1ccccc1. The summed E-state index contributed by atoms with van der Waals surface area (Å²) in [4.78, 5) is 24.9. The highest BCUT2D eigenvalue weighted by Crippen LogP contribution is 2.25. The molecule has 0 saturated carbocycles. The summed E-state index contributed by atoms with van der Waals surface area (Å²) in [5.41, 5.74) is 2.42. The number of alkyl carbamates (subject to hydrolysis) is 1. The van der Waals surface area contributed by atoms with Gasteiger partial charge in [0.1, 0.15) is 30.5 Å². The van der Waals surface area contributed by atoms with Crippen molar-refractivity contribution in [3.63, 3.8) is 0 Å². The van der Waals surface area contributed by atoms with Crippen LogP contribution in [0.3, 0.4) is 0 Å². The first-order valence-electron chi connectivity index (χ1n) is 15.0. The molecule has 9 nitrogen and oxygen atoms in total. The van der Waals surface area contributed by atoms with Crippen LogP contribution in [0.2, 0.25) is 0 Å². The van der Waals surface area contributed by atoms with Crippen molar-refractivity contribution in [2.75, 3.05) is 19.8 Å². The van der Waals surface area contributed by atoms with Crippen molar-refractivity contribution >= 4 is 12.1 Å². The van der Waals surface area contributed by atoms with Crippen LogP contribution in [0, 0.1) is 0 Å². The fourth-order valence-corrected chi connectivity index (χ4v) is 4.75. The van der Waals surface area contributed by atoms with Gasteiger partial charge in [0.2, 0.25) is 0 Å². The van der Waals surface area contributed by atoms with E-state index in [-0.39, 0.29) is 26.2 Å². The van der Waals surface area contributed by atoms with Gasteiger partial charge < -0.3 is 33.7 Å². The Bertz CT molecular complexity index is 1270. The molecular formula is C35H43NO8. The minimum atomic E-state index is -0.684. The molecule has 1 saturated heterocycles. The smallest absolute Gasteiger partial charge is 0.407 e. The summed E-state index contributed by atoms with van der Waals surface area (Å²) < 4.78 is 35.9. The van der Waals surface area contributed by atoms with E-state index in [1.54, 1.807) is 20.8 Å². The van der Waals surface area contributed by atoms with Crippen LogP contribution in [0.5, 0.6) is 0 Å². The quantitative estimate of drug-likeness (QED) is 0.237. The zero-order chi connectivity index (χ0) is 31.2. The number of hydrogen-bond donors (Lipinski definition) is 1. The molecule has 9 heteroatoms. The monoisotopic (exact) mass is 605 g/mol. The van der Waals surface area contributed by atoms with Crippen molar-refractivity contribution in [2.45, 2.75) is 77.0 Å². The van der Waals surface area contributed by atoms with Gasteiger partial charge in [-0.15, -0.1) is 0 Å². The zero-order valence-corrected chi connectivity index (χ0v) is 25.7. The maximum atomic E-state index is 12.8. The van der Waals surface area contributed by atoms with E-state index >= 15 is 0 Å². The van der Waals surface area contributed by atoms with Crippen molar-refractivity contribution in [1.82, 2.24) is 5.32 Å². The molecule has 1 N–H and O–H groups in total. The Kier molecular flexibility index (Phi) is 12.7. The van der Waals surface area contributed by atoms with Crippen LogP contribution in [0.15, 0.2) is 91.0 Å². The van der Waals surface area contributed by atoms with Gasteiger partial charge in [0.15, 0.2) is 0 Å². The number of esters is 1. The largest absolute Gasteiger partial charge is 0.460 e. The fourth-order valence-electron chi connectivity index (χ4n) is 4.75. The number of carbonyl (C=O) groups is 2. The van der Waals surface area contributed by atoms with E-state index < -0.39 is 42.0 Å². The molecule has 0 unspecified atom stereocenters. The average molecular weight is 606 g/mol. The summed E-state index contributed by atoms with van der Waals surface area (Å²) in [7, 11) is 0. The molecule has 0 aromatic heterocycles. The Labute approximate surface area is 259 Å². The number of rotatable bonds is 14. The maximum Gasteiger partial charge on any atom is 0.407 e. The van der Waals surface area contributed by atoms with Crippen LogP contribution in [0.4, 0.5) is 4.79 Å². The number of nitrogens with one attached hydrogen (secondary N) is 1. The fraction of sp³-hybridized carbons (Fsp3) is 0.429. The van der Waals surface area contributed by atoms with E-state index in [1.165, 1.54) is 0 Å². The highest BCUT2D eigenvalue weighted by Gasteiger charge is 2.43. The molecule has 0 bridgehead atoms. The second-order valence-corrected chi connectivity index (χ2v) is 11.6. The van der Waals surface area contributed by atoms with Crippen molar-refractivity contribution in [1.29, 1.82) is 0 Å². The molecule has 1 heterocycles. The molecule has 1 aliphatic heterocycles. The molecule has 44 heavy (non-hydrogen) atoms. The summed E-state index contributed by atoms with van der Waals surface area (Å²) in [6.07, 6.45) is -2.35. The topological polar surface area (TPSA) is 102 Å². The molecule has 0 spiro atoms. The van der Waals surface area contributed by atoms with E-state index in [4.69, 9.17) is 28.4 Å². The first kappa shape index (κ1) is 33.1. The van der Waals surface area contributed by atoms with E-state index in [9.17, 15) is 9.59 Å². The van der Waals surface area contributed by atoms with Crippen LogP contribution in [-0.4, -0.2) is 61.8 Å². The van der Waals surface area contributed by atoms with Crippen LogP contribution in [0.1, 0.15) is 43.9 Å². The van der Waals surface area contributed by atoms with Crippen LogP contribution < -0.4 is 5.32 Å². The maximum absolute atomic E-state index is 12.8. The van der Waals surface area contributed by atoms with Gasteiger partial charge in [-0.2, -0.15) is 0 Å². The highest BCUT2D eigenvalue weighted by molar-refractivity contribution is 5.71. The summed E-state index contributed by atoms with van der Waals surface area (Å²) in [5, 5.41) is 2.87. The van der Waals surface area contributed by atoms with Gasteiger partial charge in [-0.25, -0.2) is 4.79 Å². The summed E-state index contributed by atoms with van der Waals surface area (Å²) in [5.74, 6) is -0.442. The molecule has 4 atom stereocenters. The number of ether oxygens (including phenoxy) is 6. The first-order chi connectivity index (χ1) is 21.3. The normalized spacial score (nSPS) is 20.1. The molecule has 0 radical (unpaired) electrons. The van der Waals surface area contributed by atoms with Gasteiger partial charge in [-0.05, 0) is 37.5 Å². The number of amides is 1. The summed E-state index contributed by atoms with van der Waals surface area (Å²) >= 11 is 0. The number of benzene rings is 3. The predicted octanol–water partition coefficient (Wildman–Crippen LogP) is 5.60. The molecule has 1 amide bonds.